The maximum atomic E-state index is 13.6. The first kappa shape index (κ1) is 62.3. The maximum absolute atomic E-state index is 13.6. The molecule has 3 aliphatic rings. The van der Waals surface area contributed by atoms with Crippen LogP contribution in [0.3, 0.4) is 0 Å². The van der Waals surface area contributed by atoms with Gasteiger partial charge in [-0.2, -0.15) is 0 Å². The maximum Gasteiger partial charge on any atom is 0.335 e. The highest BCUT2D eigenvalue weighted by molar-refractivity contribution is 9.14. The fraction of sp³-hybridized carbons (Fsp3) is 0.379. The minimum Gasteiger partial charge on any atom is -0.479 e. The number of aryl methyl sites for hydroxylation is 1. The Bertz CT molecular complexity index is 3340. The minimum absolute atomic E-state index is 0.00707. The summed E-state index contributed by atoms with van der Waals surface area (Å²) >= 11 is 6.16. The molecule has 0 spiro atoms. The molecule has 0 saturated carbocycles. The molecule has 9 rings (SSSR count). The van der Waals surface area contributed by atoms with Gasteiger partial charge in [-0.15, -0.1) is 5.10 Å². The highest BCUT2D eigenvalue weighted by atomic mass is 79.9. The Labute approximate surface area is 504 Å². The van der Waals surface area contributed by atoms with E-state index in [9.17, 15) is 44.4 Å². The van der Waals surface area contributed by atoms with Crippen LogP contribution in [0.5, 0.6) is 5.75 Å². The normalized spacial score (nSPS) is 19.5. The number of anilines is 1. The summed E-state index contributed by atoms with van der Waals surface area (Å²) in [5.74, 6) is -2.19. The molecule has 5 atom stereocenters. The van der Waals surface area contributed by atoms with Gasteiger partial charge in [0.1, 0.15) is 70.5 Å². The zero-order valence-corrected chi connectivity index (χ0v) is 49.3. The van der Waals surface area contributed by atoms with Crippen LogP contribution in [0.25, 0.3) is 28.3 Å². The molecule has 0 unspecified atom stereocenters. The third-order valence-electron chi connectivity index (χ3n) is 14.2. The lowest BCUT2D eigenvalue weighted by molar-refractivity contribution is -0.271. The van der Waals surface area contributed by atoms with E-state index in [1.165, 1.54) is 6.07 Å². The topological polar surface area (TPSA) is 318 Å². The number of carbonyl (C=O) groups is 5. The highest BCUT2D eigenvalue weighted by Crippen LogP contribution is 2.36. The summed E-state index contributed by atoms with van der Waals surface area (Å²) in [5.41, 5.74) is 7.05. The molecule has 0 radical (unpaired) electrons. The quantitative estimate of drug-likeness (QED) is 0.0243. The monoisotopic (exact) mass is 1300 g/mol. The van der Waals surface area contributed by atoms with Gasteiger partial charge < -0.3 is 59.5 Å². The number of quaternary nitrogens is 1. The van der Waals surface area contributed by atoms with E-state index in [-0.39, 0.29) is 91.9 Å². The average Bonchev–Trinajstić information content (AvgIpc) is 2.67. The molecule has 6 N–H and O–H groups in total. The largest absolute Gasteiger partial charge is 0.479 e. The molecule has 25 nitrogen and oxygen atoms in total. The summed E-state index contributed by atoms with van der Waals surface area (Å²) in [4.78, 5) is 81.9. The molecule has 3 aromatic heterocycles. The van der Waals surface area contributed by atoms with Crippen LogP contribution in [0.4, 0.5) is 11.4 Å². The Morgan fingerprint density at radius 3 is 2.20 bits per heavy atom. The Kier molecular flexibility index (Phi) is 21.4. The van der Waals surface area contributed by atoms with Gasteiger partial charge in [-0.1, -0.05) is 24.3 Å². The first-order valence-electron chi connectivity index (χ1n) is 27.3. The Balaban J connectivity index is 0.808. The number of ether oxygens (including phenoxy) is 6. The number of halogens is 2. The molecule has 6 heterocycles. The second-order valence-corrected chi connectivity index (χ2v) is 21.7. The van der Waals surface area contributed by atoms with Crippen molar-refractivity contribution in [1.29, 1.82) is 0 Å². The fourth-order valence-electron chi connectivity index (χ4n) is 9.57. The van der Waals surface area contributed by atoms with E-state index < -0.39 is 54.4 Å². The van der Waals surface area contributed by atoms with Crippen molar-refractivity contribution >= 4 is 72.8 Å². The second-order valence-electron chi connectivity index (χ2n) is 20.1. The van der Waals surface area contributed by atoms with Crippen molar-refractivity contribution in [2.75, 3.05) is 84.4 Å². The molecule has 0 aliphatic carbocycles. The number of imide groups is 1. The number of aliphatic carboxylic acids is 1. The van der Waals surface area contributed by atoms with Crippen molar-refractivity contribution in [2.45, 2.75) is 63.4 Å². The van der Waals surface area contributed by atoms with E-state index in [2.05, 4.69) is 74.7 Å². The first-order chi connectivity index (χ1) is 41.0. The predicted molar refractivity (Wildman–Crippen MR) is 312 cm³/mol. The summed E-state index contributed by atoms with van der Waals surface area (Å²) in [7, 11) is 0. The number of pyridine rings is 1. The molecule has 3 aromatic carbocycles. The summed E-state index contributed by atoms with van der Waals surface area (Å²) in [6.07, 6.45) is -3.98. The number of rotatable bonds is 27. The van der Waals surface area contributed by atoms with Crippen molar-refractivity contribution in [2.24, 2.45) is 0 Å². The van der Waals surface area contributed by atoms with E-state index in [0.29, 0.717) is 55.4 Å². The number of aliphatic hydroxyl groups is 3. The summed E-state index contributed by atoms with van der Waals surface area (Å²) < 4.78 is 36.3. The second kappa shape index (κ2) is 29.2. The summed E-state index contributed by atoms with van der Waals surface area (Å²) in [6, 6.07) is 26.8. The lowest BCUT2D eigenvalue weighted by Crippen LogP contribution is -2.61. The standard InChI is InChI=1S/C58H62Br2N10O15/c1-35-5-9-39(32-63-35)54-64-34-69(67-54)40-10-6-36(7-11-40)30-45-61-16-13-42(65-45)38-3-2-4-41(31-38)70(19-23-82-24-20-70)33-37-8-12-44(84-58-52(75)50(73)51(74)53(85-58)57(78)79)43(29-37)66-47(72)14-17-62-46(71)15-21-80-25-27-83-28-26-81-22-18-68-55(76)48(59)49(60)56(68)77/h2-13,16,29,31-32,34,50-53,58,73-75H,14-15,17-28,30,33H2,1H3,(H2-,62,66,71,72,78,79)/p+1/t50-,51-,52+,53-,58+/m0/s1. The number of nitrogens with zero attached hydrogens (tertiary/aromatic N) is 8. The molecule has 448 valence electrons. The number of carboxylic acid groups (broad SMARTS) is 1. The van der Waals surface area contributed by atoms with Crippen LogP contribution in [0.15, 0.2) is 113 Å². The third kappa shape index (κ3) is 16.0. The summed E-state index contributed by atoms with van der Waals surface area (Å²) in [6.45, 7) is 5.61. The Morgan fingerprint density at radius 1 is 0.765 bits per heavy atom. The number of hydrogen-bond donors (Lipinski definition) is 6. The van der Waals surface area contributed by atoms with Gasteiger partial charge in [-0.25, -0.2) is 24.4 Å². The number of hydrogen-bond acceptors (Lipinski definition) is 19. The molecular weight excluding hydrogens is 1240 g/mol. The zero-order valence-electron chi connectivity index (χ0n) is 46.1. The summed E-state index contributed by atoms with van der Waals surface area (Å²) in [5, 5.41) is 51.7. The molecule has 3 aliphatic heterocycles. The van der Waals surface area contributed by atoms with Crippen LogP contribution < -0.4 is 19.9 Å². The van der Waals surface area contributed by atoms with Gasteiger partial charge in [0.05, 0.1) is 76.5 Å². The van der Waals surface area contributed by atoms with Gasteiger partial charge >= 0.3 is 5.97 Å². The van der Waals surface area contributed by atoms with Gasteiger partial charge in [0.2, 0.25) is 18.1 Å². The van der Waals surface area contributed by atoms with Gasteiger partial charge in [-0.3, -0.25) is 33.5 Å². The van der Waals surface area contributed by atoms with E-state index in [1.807, 2.05) is 61.5 Å². The van der Waals surface area contributed by atoms with E-state index in [4.69, 9.17) is 33.4 Å². The van der Waals surface area contributed by atoms with Crippen molar-refractivity contribution in [3.63, 3.8) is 0 Å². The average molecular weight is 1300 g/mol. The van der Waals surface area contributed by atoms with Crippen LogP contribution in [0.1, 0.15) is 35.5 Å². The Hall–Kier alpha value is -7.28. The predicted octanol–water partition coefficient (Wildman–Crippen LogP) is 3.75. The van der Waals surface area contributed by atoms with Crippen LogP contribution in [0.2, 0.25) is 0 Å². The van der Waals surface area contributed by atoms with Gasteiger partial charge in [-0.05, 0) is 98.9 Å². The number of amides is 4. The lowest BCUT2D eigenvalue weighted by atomic mass is 9.99. The SMILES string of the molecule is Cc1ccc(-c2ncn(-c3ccc(Cc4nccc(-c5cccc([N+]6(Cc7ccc(O[C@@H]8O[C@H](C(=O)O)[C@@H](O)[C@H](O)[C@H]8O)c(NC(=O)CCNC(=O)CCOCCOCCOCCN8C(=O)C(Br)=C(Br)C8=O)c7)CCOCC6)c5)n4)cc3)n2)cn1. The number of benzene rings is 3. The van der Waals surface area contributed by atoms with Crippen LogP contribution in [0, 0.1) is 6.92 Å². The fourth-order valence-corrected chi connectivity index (χ4v) is 10.3. The van der Waals surface area contributed by atoms with Crippen molar-refractivity contribution in [3.8, 4) is 34.1 Å². The number of aliphatic hydroxyl groups excluding tert-OH is 3. The molecule has 2 fully saturated rings. The number of nitrogens with one attached hydrogen (secondary N) is 2. The highest BCUT2D eigenvalue weighted by Gasteiger charge is 2.48. The van der Waals surface area contributed by atoms with Gasteiger partial charge in [0, 0.05) is 66.7 Å². The molecule has 0 bridgehead atoms. The van der Waals surface area contributed by atoms with E-state index in [0.717, 1.165) is 49.9 Å². The number of aromatic nitrogens is 6. The third-order valence-corrected chi connectivity index (χ3v) is 16.2. The van der Waals surface area contributed by atoms with Crippen molar-refractivity contribution in [3.05, 3.63) is 135 Å². The minimum atomic E-state index is -1.95. The van der Waals surface area contributed by atoms with Crippen LogP contribution in [-0.2, 0) is 60.6 Å². The molecular formula is C58H63Br2N10O15+. The lowest BCUT2D eigenvalue weighted by Gasteiger charge is -2.41. The first-order valence-corrected chi connectivity index (χ1v) is 28.9. The number of carboxylic acids is 1. The Morgan fingerprint density at radius 2 is 1.48 bits per heavy atom. The molecule has 6 aromatic rings. The van der Waals surface area contributed by atoms with Crippen LogP contribution in [-0.4, -0.2) is 194 Å². The smallest absolute Gasteiger partial charge is 0.335 e. The van der Waals surface area contributed by atoms with Crippen LogP contribution >= 0.6 is 31.9 Å². The zero-order chi connectivity index (χ0) is 60.0. The number of carbonyl (C=O) groups excluding carboxylic acids is 4. The molecule has 27 heteroatoms. The van der Waals surface area contributed by atoms with Crippen molar-refractivity contribution < 1.29 is 72.8 Å². The number of morpholine rings is 1. The van der Waals surface area contributed by atoms with E-state index in [1.54, 1.807) is 35.5 Å². The van der Waals surface area contributed by atoms with Crippen molar-refractivity contribution in [1.82, 2.24) is 44.4 Å². The van der Waals surface area contributed by atoms with Gasteiger partial charge in [0.15, 0.2) is 11.9 Å². The molecule has 2 saturated heterocycles. The van der Waals surface area contributed by atoms with E-state index >= 15 is 0 Å². The van der Waals surface area contributed by atoms with Gasteiger partial charge in [0.25, 0.3) is 11.8 Å². The molecule has 85 heavy (non-hydrogen) atoms. The molecule has 4 amide bonds.